The Labute approximate surface area is 264 Å². The number of hydrogen-bond donors (Lipinski definition) is 2. The Balaban J connectivity index is 1.68. The van der Waals surface area contributed by atoms with E-state index in [1.54, 1.807) is 6.20 Å². The van der Waals surface area contributed by atoms with Crippen LogP contribution in [0.4, 0.5) is 4.79 Å². The minimum Gasteiger partial charge on any atom is -0.355 e. The van der Waals surface area contributed by atoms with Gasteiger partial charge in [-0.1, -0.05) is 105 Å². The zero-order chi connectivity index (χ0) is 31.5. The van der Waals surface area contributed by atoms with Gasteiger partial charge in [0.05, 0.1) is 27.9 Å². The molecular formula is C38H39N5O2. The Bertz CT molecular complexity index is 1760. The van der Waals surface area contributed by atoms with Crippen LogP contribution in [0.15, 0.2) is 125 Å². The summed E-state index contributed by atoms with van der Waals surface area (Å²) in [6, 6.07) is 27.3. The van der Waals surface area contributed by atoms with Crippen LogP contribution in [0.2, 0.25) is 0 Å². The van der Waals surface area contributed by atoms with Gasteiger partial charge in [0.25, 0.3) is 0 Å². The number of carbonyl (C=O) groups excluding carboxylic acids is 2. The third kappa shape index (κ3) is 4.74. The Morgan fingerprint density at radius 2 is 1.42 bits per heavy atom. The van der Waals surface area contributed by atoms with Crippen LogP contribution in [0.5, 0.6) is 0 Å². The fraction of sp³-hybridized carbons (Fsp3) is 0.263. The van der Waals surface area contributed by atoms with E-state index in [2.05, 4.69) is 55.6 Å². The lowest BCUT2D eigenvalue weighted by Crippen LogP contribution is -2.66. The zero-order valence-electron chi connectivity index (χ0n) is 25.8. The molecule has 3 aromatic carbocycles. The molecule has 3 N–H and O–H groups in total. The van der Waals surface area contributed by atoms with Gasteiger partial charge in [-0.05, 0) is 54.2 Å². The molecule has 228 valence electrons. The first-order valence-electron chi connectivity index (χ1n) is 15.7. The van der Waals surface area contributed by atoms with Crippen molar-refractivity contribution in [1.29, 1.82) is 0 Å². The molecule has 7 heteroatoms. The second kappa shape index (κ2) is 12.2. The van der Waals surface area contributed by atoms with Crippen molar-refractivity contribution < 1.29 is 9.59 Å². The normalized spacial score (nSPS) is 22.1. The van der Waals surface area contributed by atoms with E-state index in [4.69, 9.17) is 15.7 Å². The number of fused-ring (bicyclic) bond motifs is 1. The first kappa shape index (κ1) is 30.0. The smallest absolute Gasteiger partial charge is 0.323 e. The number of nitrogens with one attached hydrogen (secondary N) is 1. The molecule has 0 saturated heterocycles. The van der Waals surface area contributed by atoms with Gasteiger partial charge in [0.2, 0.25) is 5.91 Å². The lowest BCUT2D eigenvalue weighted by molar-refractivity contribution is -0.126. The fourth-order valence-corrected chi connectivity index (χ4v) is 7.79. The molecule has 3 atom stereocenters. The van der Waals surface area contributed by atoms with Gasteiger partial charge >= 0.3 is 6.03 Å². The number of nitrogens with zero attached hydrogens (tertiary/aromatic N) is 3. The number of aromatic nitrogens is 1. The Kier molecular flexibility index (Phi) is 8.11. The molecule has 1 aromatic heterocycles. The third-order valence-corrected chi connectivity index (χ3v) is 9.74. The Morgan fingerprint density at radius 3 is 1.98 bits per heavy atom. The molecule has 4 aromatic rings. The van der Waals surface area contributed by atoms with Crippen LogP contribution in [0.25, 0.3) is 10.9 Å². The molecule has 0 saturated carbocycles. The number of nitrogens with two attached hydrogens (primary N) is 1. The molecular weight excluding hydrogens is 558 g/mol. The average molecular weight is 598 g/mol. The van der Waals surface area contributed by atoms with Crippen molar-refractivity contribution >= 4 is 35.3 Å². The molecule has 3 unspecified atom stereocenters. The predicted octanol–water partition coefficient (Wildman–Crippen LogP) is 6.53. The second-order valence-electron chi connectivity index (χ2n) is 11.8. The maximum atomic E-state index is 15.2. The van der Waals surface area contributed by atoms with E-state index < -0.39 is 28.4 Å². The molecule has 2 aliphatic rings. The van der Waals surface area contributed by atoms with Gasteiger partial charge in [-0.3, -0.25) is 19.3 Å². The first-order valence-corrected chi connectivity index (χ1v) is 15.7. The number of hydrogen-bond acceptors (Lipinski definition) is 4. The highest BCUT2D eigenvalue weighted by Gasteiger charge is 2.68. The standard InChI is InChI=1S/C38H39N5O2/c1-3-36(22-13-24-41-36)38(29-17-9-6-10-18-29,37(4-2)23-14-25-42-37)33(34(44)40-26-21-28-15-7-5-8-16-28)31-27-43(35(39)45)32-20-12-11-19-30(31)32/h5-20,22-25,27,33H,3-4,21,26H2,1-2H3,(H2,39,45)(H,40,44). The van der Waals surface area contributed by atoms with Crippen LogP contribution in [0, 0.1) is 0 Å². The van der Waals surface area contributed by atoms with E-state index in [-0.39, 0.29) is 5.91 Å². The summed E-state index contributed by atoms with van der Waals surface area (Å²) in [6.45, 7) is 4.68. The van der Waals surface area contributed by atoms with Crippen LogP contribution in [0.1, 0.15) is 49.3 Å². The molecule has 0 radical (unpaired) electrons. The summed E-state index contributed by atoms with van der Waals surface area (Å²) in [7, 11) is 0. The SMILES string of the molecule is CCC1(C(c2ccccc2)(C(C(=O)NCCc2ccccc2)c2cn(C(N)=O)c3ccccc23)C2(CC)C=CC=N2)C=CC=N1. The number of aliphatic imine (C=N–C) groups is 2. The van der Waals surface area contributed by atoms with Gasteiger partial charge in [0, 0.05) is 30.6 Å². The molecule has 2 aliphatic heterocycles. The van der Waals surface area contributed by atoms with Gasteiger partial charge in [-0.15, -0.1) is 0 Å². The van der Waals surface area contributed by atoms with E-state index in [9.17, 15) is 4.79 Å². The van der Waals surface area contributed by atoms with Crippen molar-refractivity contribution in [3.63, 3.8) is 0 Å². The largest absolute Gasteiger partial charge is 0.355 e. The molecule has 0 bridgehead atoms. The van der Waals surface area contributed by atoms with E-state index in [1.165, 1.54) is 4.57 Å². The summed E-state index contributed by atoms with van der Waals surface area (Å²) in [6.07, 6.45) is 15.6. The second-order valence-corrected chi connectivity index (χ2v) is 11.8. The highest BCUT2D eigenvalue weighted by atomic mass is 16.2. The average Bonchev–Trinajstić information content (AvgIpc) is 3.85. The van der Waals surface area contributed by atoms with Crippen molar-refractivity contribution in [3.05, 3.63) is 132 Å². The highest BCUT2D eigenvalue weighted by molar-refractivity contribution is 5.99. The number of primary amides is 1. The summed E-state index contributed by atoms with van der Waals surface area (Å²) in [4.78, 5) is 38.5. The summed E-state index contributed by atoms with van der Waals surface area (Å²) >= 11 is 0. The molecule has 45 heavy (non-hydrogen) atoms. The number of allylic oxidation sites excluding steroid dienone is 2. The maximum Gasteiger partial charge on any atom is 0.323 e. The van der Waals surface area contributed by atoms with Gasteiger partial charge in [-0.25, -0.2) is 4.79 Å². The fourth-order valence-electron chi connectivity index (χ4n) is 7.79. The Morgan fingerprint density at radius 1 is 0.844 bits per heavy atom. The summed E-state index contributed by atoms with van der Waals surface area (Å²) < 4.78 is 1.45. The number of amides is 2. The molecule has 0 spiro atoms. The van der Waals surface area contributed by atoms with E-state index in [0.29, 0.717) is 36.9 Å². The van der Waals surface area contributed by atoms with Gasteiger partial charge in [0.15, 0.2) is 0 Å². The van der Waals surface area contributed by atoms with Crippen LogP contribution < -0.4 is 11.1 Å². The lowest BCUT2D eigenvalue weighted by Gasteiger charge is -2.57. The molecule has 7 nitrogen and oxygen atoms in total. The van der Waals surface area contributed by atoms with Crippen LogP contribution in [-0.4, -0.2) is 46.6 Å². The molecule has 3 heterocycles. The van der Waals surface area contributed by atoms with E-state index in [1.807, 2.05) is 85.2 Å². The van der Waals surface area contributed by atoms with Crippen molar-refractivity contribution in [2.45, 2.75) is 55.5 Å². The summed E-state index contributed by atoms with van der Waals surface area (Å²) in [5, 5.41) is 4.11. The van der Waals surface area contributed by atoms with Crippen molar-refractivity contribution in [1.82, 2.24) is 9.88 Å². The van der Waals surface area contributed by atoms with Gasteiger partial charge < -0.3 is 11.1 Å². The predicted molar refractivity (Wildman–Crippen MR) is 182 cm³/mol. The zero-order valence-corrected chi connectivity index (χ0v) is 25.8. The van der Waals surface area contributed by atoms with E-state index >= 15 is 4.79 Å². The lowest BCUT2D eigenvalue weighted by atomic mass is 9.47. The first-order chi connectivity index (χ1) is 21.9. The molecule has 2 amide bonds. The summed E-state index contributed by atoms with van der Waals surface area (Å²) in [5.41, 5.74) is 6.61. The monoisotopic (exact) mass is 597 g/mol. The minimum atomic E-state index is -1.05. The van der Waals surface area contributed by atoms with Crippen LogP contribution in [0.3, 0.4) is 0 Å². The van der Waals surface area contributed by atoms with Crippen LogP contribution >= 0.6 is 0 Å². The highest BCUT2D eigenvalue weighted by Crippen LogP contribution is 2.61. The third-order valence-electron chi connectivity index (χ3n) is 9.74. The van der Waals surface area contributed by atoms with Crippen molar-refractivity contribution in [3.8, 4) is 0 Å². The maximum absolute atomic E-state index is 15.2. The van der Waals surface area contributed by atoms with Crippen molar-refractivity contribution in [2.24, 2.45) is 15.7 Å². The number of rotatable bonds is 11. The Hall–Kier alpha value is -5.04. The van der Waals surface area contributed by atoms with Crippen molar-refractivity contribution in [2.75, 3.05) is 6.54 Å². The van der Waals surface area contributed by atoms with Gasteiger partial charge in [0.1, 0.15) is 0 Å². The van der Waals surface area contributed by atoms with E-state index in [0.717, 1.165) is 16.5 Å². The number of carbonyl (C=O) groups is 2. The number of para-hydroxylation sites is 1. The molecule has 6 rings (SSSR count). The summed E-state index contributed by atoms with van der Waals surface area (Å²) in [5.74, 6) is -0.991. The quantitative estimate of drug-likeness (QED) is 0.205. The van der Waals surface area contributed by atoms with Crippen LogP contribution in [-0.2, 0) is 16.6 Å². The van der Waals surface area contributed by atoms with Gasteiger partial charge in [-0.2, -0.15) is 0 Å². The molecule has 0 aliphatic carbocycles. The minimum absolute atomic E-state index is 0.159. The number of benzene rings is 3. The topological polar surface area (TPSA) is 102 Å². The molecule has 0 fully saturated rings.